The molecule has 4 heterocycles. The van der Waals surface area contributed by atoms with Crippen LogP contribution in [0.15, 0.2) is 12.5 Å². The Bertz CT molecular complexity index is 1100. The number of amides is 1. The van der Waals surface area contributed by atoms with Gasteiger partial charge in [0.1, 0.15) is 33.5 Å². The molecule has 0 unspecified atom stereocenters. The van der Waals surface area contributed by atoms with Gasteiger partial charge in [-0.3, -0.25) is 4.79 Å². The largest absolute Gasteiger partial charge is 0.397 e. The number of aromatic nitrogens is 4. The molecule has 4 rings (SSSR count). The summed E-state index contributed by atoms with van der Waals surface area (Å²) in [5.74, 6) is 0.304. The highest BCUT2D eigenvalue weighted by molar-refractivity contribution is 7.21. The van der Waals surface area contributed by atoms with E-state index in [-0.39, 0.29) is 17.1 Å². The van der Waals surface area contributed by atoms with Gasteiger partial charge in [0.05, 0.1) is 17.9 Å². The van der Waals surface area contributed by atoms with Gasteiger partial charge in [0.15, 0.2) is 5.15 Å². The summed E-state index contributed by atoms with van der Waals surface area (Å²) in [6.45, 7) is 2.89. The highest BCUT2D eigenvalue weighted by atomic mass is 35.5. The van der Waals surface area contributed by atoms with E-state index < -0.39 is 0 Å². The molecule has 1 amide bonds. The molecule has 1 aliphatic heterocycles. The summed E-state index contributed by atoms with van der Waals surface area (Å²) in [7, 11) is 0. The Labute approximate surface area is 162 Å². The van der Waals surface area contributed by atoms with E-state index in [1.165, 1.54) is 23.9 Å². The van der Waals surface area contributed by atoms with Gasteiger partial charge in [-0.25, -0.2) is 9.97 Å². The molecule has 3 N–H and O–H groups in total. The maximum Gasteiger partial charge on any atom is 0.263 e. The van der Waals surface area contributed by atoms with Gasteiger partial charge in [-0.15, -0.1) is 21.5 Å². The summed E-state index contributed by atoms with van der Waals surface area (Å²) < 4.78 is 0. The van der Waals surface area contributed by atoms with Crippen molar-refractivity contribution in [3.63, 3.8) is 0 Å². The second-order valence-corrected chi connectivity index (χ2v) is 7.45. The van der Waals surface area contributed by atoms with Crippen LogP contribution in [0, 0.1) is 18.3 Å². The maximum absolute atomic E-state index is 12.6. The van der Waals surface area contributed by atoms with Crippen LogP contribution in [0.25, 0.3) is 10.2 Å². The third-order valence-electron chi connectivity index (χ3n) is 4.37. The molecule has 1 fully saturated rings. The number of rotatable bonds is 3. The highest BCUT2D eigenvalue weighted by Gasteiger charge is 2.32. The number of carbonyl (C=O) groups excluding carboxylic acids is 1. The molecule has 1 aliphatic rings. The number of hydrogen-bond acceptors (Lipinski definition) is 9. The molecule has 0 atom stereocenters. The number of anilines is 2. The van der Waals surface area contributed by atoms with E-state index >= 15 is 0 Å². The van der Waals surface area contributed by atoms with Crippen molar-refractivity contribution in [1.82, 2.24) is 25.5 Å². The van der Waals surface area contributed by atoms with E-state index in [2.05, 4.69) is 31.6 Å². The van der Waals surface area contributed by atoms with Crippen molar-refractivity contribution >= 4 is 50.6 Å². The molecule has 3 aromatic rings. The first-order valence-corrected chi connectivity index (χ1v) is 9.15. The molecule has 11 heteroatoms. The Morgan fingerprint density at radius 2 is 2.26 bits per heavy atom. The molecule has 3 aromatic heterocycles. The molecule has 0 bridgehead atoms. The lowest BCUT2D eigenvalue weighted by atomic mass is 10.1. The van der Waals surface area contributed by atoms with E-state index in [1.807, 2.05) is 4.90 Å². The molecule has 136 valence electrons. The summed E-state index contributed by atoms with van der Waals surface area (Å²) in [4.78, 5) is 23.5. The van der Waals surface area contributed by atoms with Crippen molar-refractivity contribution in [3.05, 3.63) is 33.7 Å². The summed E-state index contributed by atoms with van der Waals surface area (Å²) >= 11 is 7.19. The van der Waals surface area contributed by atoms with E-state index in [4.69, 9.17) is 22.6 Å². The fourth-order valence-corrected chi connectivity index (χ4v) is 4.08. The fraction of sp³-hybridized carbons (Fsp3) is 0.250. The van der Waals surface area contributed by atoms with Gasteiger partial charge in [-0.05, 0) is 6.92 Å². The third-order valence-corrected chi connectivity index (χ3v) is 5.82. The van der Waals surface area contributed by atoms with Crippen molar-refractivity contribution < 1.29 is 4.79 Å². The van der Waals surface area contributed by atoms with Gasteiger partial charge in [-0.1, -0.05) is 11.6 Å². The Hall–Kier alpha value is -3.03. The van der Waals surface area contributed by atoms with Crippen molar-refractivity contribution in [2.75, 3.05) is 23.7 Å². The first-order valence-electron chi connectivity index (χ1n) is 7.96. The minimum atomic E-state index is -0.265. The number of thiophene rings is 1. The van der Waals surface area contributed by atoms with Crippen molar-refractivity contribution in [2.24, 2.45) is 0 Å². The summed E-state index contributed by atoms with van der Waals surface area (Å²) in [6.07, 6.45) is 2.87. The molecule has 1 saturated heterocycles. The van der Waals surface area contributed by atoms with E-state index in [0.29, 0.717) is 50.8 Å². The number of aryl methyl sites for hydroxylation is 1. The molecule has 0 radical (unpaired) electrons. The van der Waals surface area contributed by atoms with E-state index in [0.717, 1.165) is 0 Å². The first kappa shape index (κ1) is 17.4. The zero-order chi connectivity index (χ0) is 19.1. The Morgan fingerprint density at radius 3 is 3.00 bits per heavy atom. The standard InChI is InChI=1S/C16H13ClN8OS/c1-7-10-11(19)12(27-16(10)24-23-13(7)17)15(26)22-9-4-25(5-9)14-8(2-18)3-20-6-21-14/h3,6,9H,4-5,19H2,1H3,(H,22,26). The van der Waals surface area contributed by atoms with E-state index in [1.54, 1.807) is 6.92 Å². The minimum absolute atomic E-state index is 0.0700. The SMILES string of the molecule is Cc1c(Cl)nnc2sc(C(=O)NC3CN(c4ncncc4C#N)C3)c(N)c12. The molecular weight excluding hydrogens is 388 g/mol. The number of nitrogen functional groups attached to an aromatic ring is 1. The van der Waals surface area contributed by atoms with Crippen LogP contribution in [0.3, 0.4) is 0 Å². The fourth-order valence-electron chi connectivity index (χ4n) is 2.95. The lowest BCUT2D eigenvalue weighted by Crippen LogP contribution is -2.59. The second kappa shape index (κ2) is 6.61. The number of nitrogens with two attached hydrogens (primary N) is 1. The van der Waals surface area contributed by atoms with Crippen LogP contribution in [-0.4, -0.2) is 45.2 Å². The van der Waals surface area contributed by atoms with Gasteiger partial charge in [0, 0.05) is 24.0 Å². The Morgan fingerprint density at radius 1 is 1.48 bits per heavy atom. The number of carbonyl (C=O) groups is 1. The molecule has 0 aromatic carbocycles. The van der Waals surface area contributed by atoms with Gasteiger partial charge >= 0.3 is 0 Å². The lowest BCUT2D eigenvalue weighted by molar-refractivity contribution is 0.0935. The summed E-state index contributed by atoms with van der Waals surface area (Å²) in [5, 5.41) is 20.9. The zero-order valence-corrected chi connectivity index (χ0v) is 15.7. The smallest absolute Gasteiger partial charge is 0.263 e. The molecule has 0 aliphatic carbocycles. The first-order chi connectivity index (χ1) is 13.0. The molecule has 9 nitrogen and oxygen atoms in total. The molecule has 0 saturated carbocycles. The molecule has 27 heavy (non-hydrogen) atoms. The monoisotopic (exact) mass is 400 g/mol. The quantitative estimate of drug-likeness (QED) is 0.675. The van der Waals surface area contributed by atoms with Crippen LogP contribution >= 0.6 is 22.9 Å². The normalized spacial score (nSPS) is 14.0. The number of halogens is 1. The van der Waals surface area contributed by atoms with Gasteiger partial charge in [0.25, 0.3) is 5.91 Å². The van der Waals surface area contributed by atoms with Gasteiger partial charge in [0.2, 0.25) is 0 Å². The van der Waals surface area contributed by atoms with Crippen LogP contribution < -0.4 is 16.0 Å². The van der Waals surface area contributed by atoms with Crippen molar-refractivity contribution in [2.45, 2.75) is 13.0 Å². The van der Waals surface area contributed by atoms with Crippen LogP contribution in [-0.2, 0) is 0 Å². The van der Waals surface area contributed by atoms with E-state index in [9.17, 15) is 4.79 Å². The van der Waals surface area contributed by atoms with Crippen LogP contribution in [0.1, 0.15) is 20.8 Å². The predicted molar refractivity (Wildman–Crippen MR) is 102 cm³/mol. The Kier molecular flexibility index (Phi) is 4.25. The third kappa shape index (κ3) is 2.90. The van der Waals surface area contributed by atoms with Gasteiger partial charge in [-0.2, -0.15) is 5.26 Å². The maximum atomic E-state index is 12.6. The zero-order valence-electron chi connectivity index (χ0n) is 14.1. The van der Waals surface area contributed by atoms with Gasteiger partial charge < -0.3 is 16.0 Å². The highest BCUT2D eigenvalue weighted by Crippen LogP contribution is 2.36. The number of hydrogen-bond donors (Lipinski definition) is 2. The van der Waals surface area contributed by atoms with Crippen molar-refractivity contribution in [3.8, 4) is 6.07 Å². The van der Waals surface area contributed by atoms with Crippen LogP contribution in [0.2, 0.25) is 5.15 Å². The second-order valence-electron chi connectivity index (χ2n) is 6.09. The minimum Gasteiger partial charge on any atom is -0.397 e. The van der Waals surface area contributed by atoms with Crippen LogP contribution in [0.5, 0.6) is 0 Å². The topological polar surface area (TPSA) is 134 Å². The number of nitrogens with one attached hydrogen (secondary N) is 1. The average Bonchev–Trinajstić information content (AvgIpc) is 2.98. The summed E-state index contributed by atoms with van der Waals surface area (Å²) in [6, 6.07) is 2.00. The van der Waals surface area contributed by atoms with Crippen LogP contribution in [0.4, 0.5) is 11.5 Å². The number of nitrogens with zero attached hydrogens (tertiary/aromatic N) is 6. The van der Waals surface area contributed by atoms with Crippen molar-refractivity contribution in [1.29, 1.82) is 5.26 Å². The Balaban J connectivity index is 1.49. The molecule has 0 spiro atoms. The number of fused-ring (bicyclic) bond motifs is 1. The predicted octanol–water partition coefficient (Wildman–Crippen LogP) is 1.52. The average molecular weight is 401 g/mol. The number of nitriles is 1. The lowest BCUT2D eigenvalue weighted by Gasteiger charge is -2.40. The molecular formula is C16H13ClN8OS. The summed E-state index contributed by atoms with van der Waals surface area (Å²) in [5.41, 5.74) is 7.63.